The molecule has 0 spiro atoms. The van der Waals surface area contributed by atoms with Gasteiger partial charge in [0.1, 0.15) is 10.7 Å². The quantitative estimate of drug-likeness (QED) is 0.377. The molecule has 7 nitrogen and oxygen atoms in total. The van der Waals surface area contributed by atoms with E-state index in [2.05, 4.69) is 37.1 Å². The summed E-state index contributed by atoms with van der Waals surface area (Å²) in [4.78, 5) is 28.8. The smallest absolute Gasteiger partial charge is 0.168 e. The largest absolute Gasteiger partial charge is 0.306 e. The number of piperidine rings is 1. The second-order valence-corrected chi connectivity index (χ2v) is 10.8. The van der Waals surface area contributed by atoms with E-state index in [1.54, 1.807) is 36.4 Å². The van der Waals surface area contributed by atoms with Gasteiger partial charge in [-0.05, 0) is 69.6 Å². The van der Waals surface area contributed by atoms with Crippen molar-refractivity contribution >= 4 is 39.7 Å². The van der Waals surface area contributed by atoms with Crippen molar-refractivity contribution in [2.75, 3.05) is 20.1 Å². The van der Waals surface area contributed by atoms with Crippen LogP contribution in [-0.4, -0.2) is 61.2 Å². The van der Waals surface area contributed by atoms with Crippen molar-refractivity contribution in [1.82, 2.24) is 30.0 Å². The molecule has 1 saturated heterocycles. The number of fused-ring (bicyclic) bond motifs is 1. The van der Waals surface area contributed by atoms with Gasteiger partial charge in [-0.15, -0.1) is 22.0 Å². The Labute approximate surface area is 200 Å². The van der Waals surface area contributed by atoms with Crippen LogP contribution in [0.5, 0.6) is 0 Å². The molecule has 0 amide bonds. The van der Waals surface area contributed by atoms with E-state index in [0.29, 0.717) is 10.8 Å². The average molecular weight is 477 g/mol. The van der Waals surface area contributed by atoms with Crippen molar-refractivity contribution in [2.45, 2.75) is 36.5 Å². The fourth-order valence-corrected chi connectivity index (χ4v) is 5.65. The molecule has 5 rings (SSSR count). The molecule has 0 bridgehead atoms. The van der Waals surface area contributed by atoms with Crippen molar-refractivity contribution in [3.63, 3.8) is 0 Å². The number of nitrogens with zero attached hydrogens (tertiary/aromatic N) is 6. The van der Waals surface area contributed by atoms with Crippen LogP contribution >= 0.6 is 23.1 Å². The molecule has 1 fully saturated rings. The Morgan fingerprint density at radius 2 is 1.91 bits per heavy atom. The first-order valence-corrected chi connectivity index (χ1v) is 12.6. The molecule has 1 aliphatic heterocycles. The third-order valence-electron chi connectivity index (χ3n) is 5.76. The number of pyridine rings is 3. The fraction of sp³-hybridized carbons (Fsp3) is 0.333. The summed E-state index contributed by atoms with van der Waals surface area (Å²) in [5.41, 5.74) is 2.20. The number of hydrogen-bond donors (Lipinski definition) is 0. The van der Waals surface area contributed by atoms with Gasteiger partial charge in [0.15, 0.2) is 10.8 Å². The number of rotatable bonds is 6. The van der Waals surface area contributed by atoms with Crippen molar-refractivity contribution in [3.8, 4) is 10.7 Å². The topological polar surface area (TPSA) is 84.8 Å². The highest BCUT2D eigenvalue weighted by atomic mass is 32.2. The van der Waals surface area contributed by atoms with Gasteiger partial charge in [-0.3, -0.25) is 14.8 Å². The molecule has 0 radical (unpaired) electrons. The van der Waals surface area contributed by atoms with Crippen LogP contribution in [0.3, 0.4) is 0 Å². The third kappa shape index (κ3) is 5.26. The molecule has 4 aromatic rings. The Morgan fingerprint density at radius 3 is 2.70 bits per heavy atom. The van der Waals surface area contributed by atoms with Gasteiger partial charge in [0.05, 0.1) is 11.4 Å². The van der Waals surface area contributed by atoms with Crippen LogP contribution in [0, 0.1) is 6.92 Å². The molecule has 1 aliphatic rings. The van der Waals surface area contributed by atoms with Crippen molar-refractivity contribution in [2.24, 2.45) is 0 Å². The molecular formula is C24H24N6OS2. The highest BCUT2D eigenvalue weighted by Crippen LogP contribution is 2.29. The maximum Gasteiger partial charge on any atom is 0.168 e. The van der Waals surface area contributed by atoms with Crippen molar-refractivity contribution in [1.29, 1.82) is 0 Å². The van der Waals surface area contributed by atoms with E-state index in [0.717, 1.165) is 63.1 Å². The monoisotopic (exact) mass is 476 g/mol. The zero-order valence-electron chi connectivity index (χ0n) is 18.6. The van der Waals surface area contributed by atoms with Crippen molar-refractivity contribution < 1.29 is 4.79 Å². The highest BCUT2D eigenvalue weighted by Gasteiger charge is 2.19. The Kier molecular flexibility index (Phi) is 6.43. The molecule has 0 saturated carbocycles. The maximum atomic E-state index is 13.0. The summed E-state index contributed by atoms with van der Waals surface area (Å²) in [5.74, 6) is 0.0449. The molecule has 0 aliphatic carbocycles. The lowest BCUT2D eigenvalue weighted by atomic mass is 10.1. The van der Waals surface area contributed by atoms with E-state index in [1.165, 1.54) is 11.3 Å². The van der Waals surface area contributed by atoms with E-state index in [9.17, 15) is 4.79 Å². The minimum Gasteiger partial charge on any atom is -0.306 e. The van der Waals surface area contributed by atoms with Gasteiger partial charge in [0.25, 0.3) is 0 Å². The summed E-state index contributed by atoms with van der Waals surface area (Å²) >= 11 is 3.30. The van der Waals surface area contributed by atoms with Gasteiger partial charge >= 0.3 is 0 Å². The number of aryl methyl sites for hydroxylation is 1. The molecule has 5 heterocycles. The number of carbonyl (C=O) groups is 1. The predicted octanol–water partition coefficient (Wildman–Crippen LogP) is 4.46. The van der Waals surface area contributed by atoms with Crippen molar-refractivity contribution in [3.05, 3.63) is 59.1 Å². The normalized spacial score (nSPS) is 15.2. The number of thioether (sulfide) groups is 1. The zero-order chi connectivity index (χ0) is 22.8. The highest BCUT2D eigenvalue weighted by molar-refractivity contribution is 7.99. The first kappa shape index (κ1) is 22.1. The first-order valence-electron chi connectivity index (χ1n) is 10.9. The molecule has 0 aromatic carbocycles. The summed E-state index contributed by atoms with van der Waals surface area (Å²) in [6.07, 6.45) is 7.84. The van der Waals surface area contributed by atoms with Crippen LogP contribution < -0.4 is 0 Å². The second kappa shape index (κ2) is 9.62. The Bertz CT molecular complexity index is 1300. The standard InChI is InChI=1S/C24H24N6OS2/c1-15-28-29-24(32-15)21-10-17-9-19(26-13-18(17)14-27-21)12-22(31)16-3-6-25-23(11-16)33-20-4-7-30(2)8-5-20/h3,6,9-11,13-14,20H,4-5,7-8,12H2,1-2H3. The summed E-state index contributed by atoms with van der Waals surface area (Å²) in [7, 11) is 2.16. The lowest BCUT2D eigenvalue weighted by Gasteiger charge is -2.28. The lowest BCUT2D eigenvalue weighted by Crippen LogP contribution is -2.31. The first-order chi connectivity index (χ1) is 16.0. The molecule has 0 unspecified atom stereocenters. The van der Waals surface area contributed by atoms with Gasteiger partial charge in [-0.2, -0.15) is 0 Å². The van der Waals surface area contributed by atoms with Crippen LogP contribution in [0.4, 0.5) is 0 Å². The Morgan fingerprint density at radius 1 is 1.09 bits per heavy atom. The molecule has 0 atom stereocenters. The van der Waals surface area contributed by atoms with Crippen LogP contribution in [0.25, 0.3) is 21.5 Å². The van der Waals surface area contributed by atoms with Gasteiger partial charge in [-0.25, -0.2) is 4.98 Å². The predicted molar refractivity (Wildman–Crippen MR) is 132 cm³/mol. The fourth-order valence-electron chi connectivity index (χ4n) is 3.88. The molecule has 4 aromatic heterocycles. The lowest BCUT2D eigenvalue weighted by molar-refractivity contribution is 0.0991. The van der Waals surface area contributed by atoms with Crippen LogP contribution in [0.2, 0.25) is 0 Å². The number of ketones is 1. The third-order valence-corrected chi connectivity index (χ3v) is 7.89. The molecule has 0 N–H and O–H groups in total. The Balaban J connectivity index is 1.31. The average Bonchev–Trinajstić information content (AvgIpc) is 3.26. The SMILES string of the molecule is Cc1nnc(-c2cc3cc(CC(=O)c4ccnc(SC5CCN(C)CC5)c4)ncc3cn2)s1. The van der Waals surface area contributed by atoms with Crippen LogP contribution in [0.15, 0.2) is 47.9 Å². The number of likely N-dealkylation sites (tertiary alicyclic amines) is 1. The van der Waals surface area contributed by atoms with E-state index >= 15 is 0 Å². The van der Waals surface area contributed by atoms with E-state index in [4.69, 9.17) is 0 Å². The zero-order valence-corrected chi connectivity index (χ0v) is 20.2. The Hall–Kier alpha value is -2.75. The number of aromatic nitrogens is 5. The van der Waals surface area contributed by atoms with E-state index in [1.807, 2.05) is 25.1 Å². The van der Waals surface area contributed by atoms with Crippen LogP contribution in [-0.2, 0) is 6.42 Å². The van der Waals surface area contributed by atoms with E-state index in [-0.39, 0.29) is 12.2 Å². The van der Waals surface area contributed by atoms with Gasteiger partial charge in [-0.1, -0.05) is 11.3 Å². The maximum absolute atomic E-state index is 13.0. The van der Waals surface area contributed by atoms with Crippen LogP contribution in [0.1, 0.15) is 33.9 Å². The number of carbonyl (C=O) groups excluding carboxylic acids is 1. The number of hydrogen-bond acceptors (Lipinski definition) is 9. The van der Waals surface area contributed by atoms with Gasteiger partial charge in [0, 0.05) is 40.5 Å². The number of Topliss-reactive ketones (excluding diaryl/α,β-unsaturated/α-hetero) is 1. The summed E-state index contributed by atoms with van der Waals surface area (Å²) in [5, 5.41) is 13.3. The van der Waals surface area contributed by atoms with E-state index < -0.39 is 0 Å². The second-order valence-electron chi connectivity index (χ2n) is 8.32. The molecule has 168 valence electrons. The summed E-state index contributed by atoms with van der Waals surface area (Å²) in [6, 6.07) is 7.66. The minimum absolute atomic E-state index is 0.0449. The van der Waals surface area contributed by atoms with Gasteiger partial charge < -0.3 is 4.90 Å². The summed E-state index contributed by atoms with van der Waals surface area (Å²) in [6.45, 7) is 4.15. The van der Waals surface area contributed by atoms with Gasteiger partial charge in [0.2, 0.25) is 0 Å². The molecule has 33 heavy (non-hydrogen) atoms. The molecule has 9 heteroatoms. The minimum atomic E-state index is 0.0449. The molecular weight excluding hydrogens is 452 g/mol. The summed E-state index contributed by atoms with van der Waals surface area (Å²) < 4.78 is 0.